The molecule has 0 saturated carbocycles. The molecule has 1 atom stereocenters. The van der Waals surface area contributed by atoms with Gasteiger partial charge in [-0.1, -0.05) is 59.6 Å². The summed E-state index contributed by atoms with van der Waals surface area (Å²) < 4.78 is 1.16. The van der Waals surface area contributed by atoms with Crippen LogP contribution in [0.25, 0.3) is 0 Å². The number of rotatable bonds is 1. The highest BCUT2D eigenvalue weighted by Crippen LogP contribution is 2.45. The fourth-order valence-electron chi connectivity index (χ4n) is 3.01. The number of benzene rings is 2. The Morgan fingerprint density at radius 1 is 1.20 bits per heavy atom. The van der Waals surface area contributed by atoms with E-state index in [1.54, 1.807) is 0 Å². The first-order valence-electron chi connectivity index (χ1n) is 6.78. The summed E-state index contributed by atoms with van der Waals surface area (Å²) in [5, 5.41) is 4.45. The van der Waals surface area contributed by atoms with Gasteiger partial charge in [0.1, 0.15) is 0 Å². The van der Waals surface area contributed by atoms with Crippen LogP contribution >= 0.6 is 27.5 Å². The zero-order valence-electron chi connectivity index (χ0n) is 11.6. The normalized spacial score (nSPS) is 20.1. The van der Waals surface area contributed by atoms with Crippen LogP contribution in [0.1, 0.15) is 37.4 Å². The molecule has 0 aliphatic carbocycles. The minimum Gasteiger partial charge on any atom is -0.378 e. The van der Waals surface area contributed by atoms with Gasteiger partial charge in [-0.15, -0.1) is 0 Å². The summed E-state index contributed by atoms with van der Waals surface area (Å²) in [5.41, 5.74) is 3.90. The molecule has 1 unspecified atom stereocenters. The molecule has 0 aromatic heterocycles. The van der Waals surface area contributed by atoms with Crippen molar-refractivity contribution in [3.63, 3.8) is 0 Å². The zero-order valence-corrected chi connectivity index (χ0v) is 13.9. The van der Waals surface area contributed by atoms with Crippen LogP contribution < -0.4 is 5.32 Å². The molecule has 104 valence electrons. The minimum absolute atomic E-state index is 0.103. The van der Waals surface area contributed by atoms with Crippen LogP contribution in [-0.2, 0) is 5.41 Å². The summed E-state index contributed by atoms with van der Waals surface area (Å²) in [6.07, 6.45) is 1.04. The Kier molecular flexibility index (Phi) is 3.55. The van der Waals surface area contributed by atoms with E-state index in [4.69, 9.17) is 11.6 Å². The van der Waals surface area contributed by atoms with Crippen LogP contribution in [0.2, 0.25) is 5.02 Å². The molecule has 2 aromatic rings. The SMILES string of the molecule is CC1(C)CC(c2ccccc2Br)Nc2ccc(Cl)cc21. The second kappa shape index (κ2) is 5.09. The lowest BCUT2D eigenvalue weighted by Crippen LogP contribution is -2.31. The van der Waals surface area contributed by atoms with Gasteiger partial charge in [0.15, 0.2) is 0 Å². The third-order valence-corrected chi connectivity index (χ3v) is 4.99. The number of hydrogen-bond acceptors (Lipinski definition) is 1. The largest absolute Gasteiger partial charge is 0.378 e. The monoisotopic (exact) mass is 349 g/mol. The smallest absolute Gasteiger partial charge is 0.0533 e. The van der Waals surface area contributed by atoms with E-state index in [-0.39, 0.29) is 5.41 Å². The fraction of sp³-hybridized carbons (Fsp3) is 0.294. The lowest BCUT2D eigenvalue weighted by atomic mass is 9.74. The van der Waals surface area contributed by atoms with Crippen molar-refractivity contribution >= 4 is 33.2 Å². The quantitative estimate of drug-likeness (QED) is 0.671. The molecule has 0 amide bonds. The summed E-state index contributed by atoms with van der Waals surface area (Å²) in [7, 11) is 0. The predicted octanol–water partition coefficient (Wildman–Crippen LogP) is 5.94. The van der Waals surface area contributed by atoms with Crippen molar-refractivity contribution < 1.29 is 0 Å². The van der Waals surface area contributed by atoms with Gasteiger partial charge in [0.05, 0.1) is 6.04 Å². The maximum Gasteiger partial charge on any atom is 0.0533 e. The van der Waals surface area contributed by atoms with E-state index >= 15 is 0 Å². The lowest BCUT2D eigenvalue weighted by molar-refractivity contribution is 0.426. The van der Waals surface area contributed by atoms with E-state index in [2.05, 4.69) is 71.5 Å². The van der Waals surface area contributed by atoms with Crippen molar-refractivity contribution in [2.75, 3.05) is 5.32 Å². The van der Waals surface area contributed by atoms with E-state index in [0.717, 1.165) is 15.9 Å². The Hall–Kier alpha value is -0.990. The minimum atomic E-state index is 0.103. The highest BCUT2D eigenvalue weighted by molar-refractivity contribution is 9.10. The Bertz CT molecular complexity index is 651. The van der Waals surface area contributed by atoms with E-state index in [1.807, 2.05) is 6.07 Å². The number of fused-ring (bicyclic) bond motifs is 1. The molecule has 0 saturated heterocycles. The van der Waals surface area contributed by atoms with Crippen molar-refractivity contribution in [2.24, 2.45) is 0 Å². The molecule has 1 nitrogen and oxygen atoms in total. The molecule has 3 rings (SSSR count). The van der Waals surface area contributed by atoms with Crippen molar-refractivity contribution in [2.45, 2.75) is 31.7 Å². The average molecular weight is 351 g/mol. The van der Waals surface area contributed by atoms with Crippen LogP contribution in [0.5, 0.6) is 0 Å². The van der Waals surface area contributed by atoms with Crippen LogP contribution in [0, 0.1) is 0 Å². The topological polar surface area (TPSA) is 12.0 Å². The third kappa shape index (κ3) is 2.47. The van der Waals surface area contributed by atoms with Gasteiger partial charge in [0.25, 0.3) is 0 Å². The Morgan fingerprint density at radius 2 is 1.95 bits per heavy atom. The van der Waals surface area contributed by atoms with Crippen molar-refractivity contribution in [3.05, 3.63) is 63.1 Å². The van der Waals surface area contributed by atoms with Crippen LogP contribution in [0.3, 0.4) is 0 Å². The summed E-state index contributed by atoms with van der Waals surface area (Å²) in [5.74, 6) is 0. The van der Waals surface area contributed by atoms with E-state index < -0.39 is 0 Å². The molecular formula is C17H17BrClN. The number of nitrogens with one attached hydrogen (secondary N) is 1. The molecule has 2 aromatic carbocycles. The molecule has 3 heteroatoms. The van der Waals surface area contributed by atoms with Gasteiger partial charge < -0.3 is 5.32 Å². The van der Waals surface area contributed by atoms with Crippen molar-refractivity contribution in [1.82, 2.24) is 0 Å². The second-order valence-electron chi connectivity index (χ2n) is 6.00. The van der Waals surface area contributed by atoms with Crippen LogP contribution in [-0.4, -0.2) is 0 Å². The molecule has 0 fully saturated rings. The predicted molar refractivity (Wildman–Crippen MR) is 89.6 cm³/mol. The van der Waals surface area contributed by atoms with E-state index in [9.17, 15) is 0 Å². The lowest BCUT2D eigenvalue weighted by Gasteiger charge is -2.39. The second-order valence-corrected chi connectivity index (χ2v) is 7.29. The van der Waals surface area contributed by atoms with Gasteiger partial charge in [0, 0.05) is 15.2 Å². The fourth-order valence-corrected chi connectivity index (χ4v) is 3.74. The third-order valence-electron chi connectivity index (χ3n) is 4.04. The maximum absolute atomic E-state index is 6.15. The van der Waals surface area contributed by atoms with Gasteiger partial charge in [-0.25, -0.2) is 0 Å². The summed E-state index contributed by atoms with van der Waals surface area (Å²) >= 11 is 9.81. The Balaban J connectivity index is 2.04. The summed E-state index contributed by atoms with van der Waals surface area (Å²) in [6, 6.07) is 14.9. The molecule has 1 aliphatic heterocycles. The first kappa shape index (κ1) is 14.0. The first-order chi connectivity index (χ1) is 9.47. The van der Waals surface area contributed by atoms with Gasteiger partial charge in [-0.3, -0.25) is 0 Å². The number of anilines is 1. The number of hydrogen-bond donors (Lipinski definition) is 1. The molecule has 1 heterocycles. The molecule has 0 radical (unpaired) electrons. The maximum atomic E-state index is 6.15. The van der Waals surface area contributed by atoms with E-state index in [0.29, 0.717) is 6.04 Å². The molecule has 1 aliphatic rings. The summed E-state index contributed by atoms with van der Waals surface area (Å²) in [6.45, 7) is 4.57. The van der Waals surface area contributed by atoms with Crippen LogP contribution in [0.15, 0.2) is 46.9 Å². The highest BCUT2D eigenvalue weighted by atomic mass is 79.9. The van der Waals surface area contributed by atoms with Gasteiger partial charge >= 0.3 is 0 Å². The highest BCUT2D eigenvalue weighted by Gasteiger charge is 2.34. The zero-order chi connectivity index (χ0) is 14.3. The molecule has 1 N–H and O–H groups in total. The molecule has 20 heavy (non-hydrogen) atoms. The van der Waals surface area contributed by atoms with Crippen molar-refractivity contribution in [1.29, 1.82) is 0 Å². The van der Waals surface area contributed by atoms with Crippen LogP contribution in [0.4, 0.5) is 5.69 Å². The van der Waals surface area contributed by atoms with Crippen molar-refractivity contribution in [3.8, 4) is 0 Å². The molecular weight excluding hydrogens is 334 g/mol. The Morgan fingerprint density at radius 3 is 2.70 bits per heavy atom. The summed E-state index contributed by atoms with van der Waals surface area (Å²) in [4.78, 5) is 0. The van der Waals surface area contributed by atoms with E-state index in [1.165, 1.54) is 16.8 Å². The number of halogens is 2. The molecule has 0 spiro atoms. The molecule has 0 bridgehead atoms. The standard InChI is InChI=1S/C17H17BrClN/c1-17(2)10-16(12-5-3-4-6-14(12)18)20-15-8-7-11(19)9-13(15)17/h3-9,16,20H,10H2,1-2H3. The van der Waals surface area contributed by atoms with Gasteiger partial charge in [0.2, 0.25) is 0 Å². The Labute approximate surface area is 133 Å². The first-order valence-corrected chi connectivity index (χ1v) is 7.95. The van der Waals surface area contributed by atoms with Gasteiger partial charge in [-0.2, -0.15) is 0 Å². The van der Waals surface area contributed by atoms with Gasteiger partial charge in [-0.05, 0) is 47.2 Å². The average Bonchev–Trinajstić information content (AvgIpc) is 2.39.